The molecule has 140 valence electrons. The molecule has 1 heterocycles. The number of anilines is 1. The third-order valence-electron chi connectivity index (χ3n) is 3.44. The first-order chi connectivity index (χ1) is 12.8. The third-order valence-corrected chi connectivity index (χ3v) is 3.68. The van der Waals surface area contributed by atoms with Gasteiger partial charge in [-0.25, -0.2) is 9.18 Å². The second kappa shape index (κ2) is 7.46. The standard InChI is InChI=1S/C16H10ClFN2O7/c17-8-1-2-10(18)11(3-8)19-15(21)6-25-16(22)9-4-13-14(27-7-26-13)5-12(9)20(23)24/h1-5H,6-7H2,(H,19,21). The molecule has 0 fully saturated rings. The fourth-order valence-corrected chi connectivity index (χ4v) is 2.41. The van der Waals surface area contributed by atoms with E-state index < -0.39 is 40.5 Å². The molecule has 0 spiro atoms. The summed E-state index contributed by atoms with van der Waals surface area (Å²) in [5, 5.41) is 13.5. The second-order valence-electron chi connectivity index (χ2n) is 5.23. The van der Waals surface area contributed by atoms with Crippen LogP contribution in [0.1, 0.15) is 10.4 Å². The van der Waals surface area contributed by atoms with Crippen LogP contribution in [0.5, 0.6) is 11.5 Å². The van der Waals surface area contributed by atoms with Crippen LogP contribution in [-0.2, 0) is 9.53 Å². The lowest BCUT2D eigenvalue weighted by Crippen LogP contribution is -2.21. The Morgan fingerprint density at radius 3 is 2.67 bits per heavy atom. The second-order valence-corrected chi connectivity index (χ2v) is 5.66. The van der Waals surface area contributed by atoms with Gasteiger partial charge in [0.15, 0.2) is 18.1 Å². The largest absolute Gasteiger partial charge is 0.454 e. The molecule has 0 atom stereocenters. The van der Waals surface area contributed by atoms with Gasteiger partial charge in [-0.2, -0.15) is 0 Å². The lowest BCUT2D eigenvalue weighted by Gasteiger charge is -2.08. The number of hydrogen-bond donors (Lipinski definition) is 1. The smallest absolute Gasteiger partial charge is 0.345 e. The Morgan fingerprint density at radius 1 is 1.26 bits per heavy atom. The average molecular weight is 397 g/mol. The van der Waals surface area contributed by atoms with E-state index in [0.29, 0.717) is 0 Å². The minimum absolute atomic E-state index is 0.118. The van der Waals surface area contributed by atoms with E-state index >= 15 is 0 Å². The molecule has 1 aliphatic heterocycles. The highest BCUT2D eigenvalue weighted by atomic mass is 35.5. The summed E-state index contributed by atoms with van der Waals surface area (Å²) in [7, 11) is 0. The van der Waals surface area contributed by atoms with E-state index in [0.717, 1.165) is 18.2 Å². The lowest BCUT2D eigenvalue weighted by atomic mass is 10.1. The van der Waals surface area contributed by atoms with Crippen LogP contribution in [0, 0.1) is 15.9 Å². The molecular formula is C16H10ClFN2O7. The summed E-state index contributed by atoms with van der Waals surface area (Å²) in [6.45, 7) is -0.936. The highest BCUT2D eigenvalue weighted by Crippen LogP contribution is 2.38. The van der Waals surface area contributed by atoms with Crippen molar-refractivity contribution in [1.82, 2.24) is 0 Å². The Hall–Kier alpha value is -3.40. The van der Waals surface area contributed by atoms with Crippen LogP contribution in [0.2, 0.25) is 5.02 Å². The Bertz CT molecular complexity index is 951. The number of nitro groups is 1. The number of halogens is 2. The predicted molar refractivity (Wildman–Crippen MR) is 89.5 cm³/mol. The molecule has 1 amide bonds. The maximum Gasteiger partial charge on any atom is 0.345 e. The van der Waals surface area contributed by atoms with Crippen LogP contribution in [-0.4, -0.2) is 30.2 Å². The maximum atomic E-state index is 13.6. The van der Waals surface area contributed by atoms with E-state index in [1.165, 1.54) is 12.1 Å². The summed E-state index contributed by atoms with van der Waals surface area (Å²) in [6, 6.07) is 5.66. The fourth-order valence-electron chi connectivity index (χ4n) is 2.23. The molecule has 0 unspecified atom stereocenters. The maximum absolute atomic E-state index is 13.6. The number of ether oxygens (including phenoxy) is 3. The van der Waals surface area contributed by atoms with E-state index in [9.17, 15) is 24.1 Å². The molecule has 0 aromatic heterocycles. The number of nitrogens with zero attached hydrogens (tertiary/aromatic N) is 1. The molecule has 27 heavy (non-hydrogen) atoms. The van der Waals surface area contributed by atoms with Crippen molar-refractivity contribution >= 4 is 34.9 Å². The van der Waals surface area contributed by atoms with Gasteiger partial charge >= 0.3 is 5.97 Å². The van der Waals surface area contributed by atoms with Crippen molar-refractivity contribution in [2.45, 2.75) is 0 Å². The van der Waals surface area contributed by atoms with Crippen molar-refractivity contribution in [2.75, 3.05) is 18.7 Å². The lowest BCUT2D eigenvalue weighted by molar-refractivity contribution is -0.385. The van der Waals surface area contributed by atoms with Gasteiger partial charge in [0.1, 0.15) is 11.4 Å². The van der Waals surface area contributed by atoms with Crippen LogP contribution in [0.15, 0.2) is 30.3 Å². The Kier molecular flexibility index (Phi) is 5.08. The van der Waals surface area contributed by atoms with Crippen LogP contribution in [0.25, 0.3) is 0 Å². The molecule has 2 aromatic carbocycles. The zero-order chi connectivity index (χ0) is 19.6. The molecule has 0 saturated carbocycles. The molecular weight excluding hydrogens is 387 g/mol. The van der Waals surface area contributed by atoms with Gasteiger partial charge < -0.3 is 19.5 Å². The molecule has 0 aliphatic carbocycles. The number of benzene rings is 2. The number of rotatable bonds is 5. The Labute approximate surface area is 155 Å². The normalized spacial score (nSPS) is 11.8. The predicted octanol–water partition coefficient (Wildman–Crippen LogP) is 2.91. The Morgan fingerprint density at radius 2 is 1.96 bits per heavy atom. The number of carbonyl (C=O) groups excluding carboxylic acids is 2. The highest BCUT2D eigenvalue weighted by molar-refractivity contribution is 6.30. The number of amides is 1. The first kappa shape index (κ1) is 18.4. The molecule has 0 saturated heterocycles. The SMILES string of the molecule is O=C(COC(=O)c1cc2c(cc1[N+](=O)[O-])OCO2)Nc1cc(Cl)ccc1F. The molecule has 2 aromatic rings. The van der Waals surface area contributed by atoms with Gasteiger partial charge in [-0.05, 0) is 18.2 Å². The van der Waals surface area contributed by atoms with Crippen molar-refractivity contribution in [1.29, 1.82) is 0 Å². The van der Waals surface area contributed by atoms with Gasteiger partial charge in [-0.15, -0.1) is 0 Å². The van der Waals surface area contributed by atoms with Crippen molar-refractivity contribution in [3.8, 4) is 11.5 Å². The summed E-state index contributed by atoms with van der Waals surface area (Å²) < 4.78 is 28.4. The molecule has 1 N–H and O–H groups in total. The summed E-state index contributed by atoms with van der Waals surface area (Å²) in [5.74, 6) is -2.45. The van der Waals surface area contributed by atoms with E-state index in [-0.39, 0.29) is 29.0 Å². The Balaban J connectivity index is 1.70. The highest BCUT2D eigenvalue weighted by Gasteiger charge is 2.28. The quantitative estimate of drug-likeness (QED) is 0.469. The average Bonchev–Trinajstić information content (AvgIpc) is 3.09. The van der Waals surface area contributed by atoms with Crippen LogP contribution in [0.3, 0.4) is 0 Å². The number of fused-ring (bicyclic) bond motifs is 1. The summed E-state index contributed by atoms with van der Waals surface area (Å²) in [5.41, 5.74) is -1.17. The van der Waals surface area contributed by atoms with E-state index in [4.69, 9.17) is 25.8 Å². The van der Waals surface area contributed by atoms with Crippen LogP contribution in [0.4, 0.5) is 15.8 Å². The van der Waals surface area contributed by atoms with E-state index in [1.54, 1.807) is 0 Å². The first-order valence-electron chi connectivity index (χ1n) is 7.35. The molecule has 1 aliphatic rings. The van der Waals surface area contributed by atoms with E-state index in [2.05, 4.69) is 5.32 Å². The molecule has 9 nitrogen and oxygen atoms in total. The molecule has 11 heteroatoms. The van der Waals surface area contributed by atoms with Crippen LogP contribution >= 0.6 is 11.6 Å². The van der Waals surface area contributed by atoms with Crippen molar-refractivity contribution < 1.29 is 33.1 Å². The zero-order valence-electron chi connectivity index (χ0n) is 13.4. The number of hydrogen-bond acceptors (Lipinski definition) is 7. The monoisotopic (exact) mass is 396 g/mol. The third kappa shape index (κ3) is 4.06. The molecule has 3 rings (SSSR count). The molecule has 0 radical (unpaired) electrons. The number of nitrogens with one attached hydrogen (secondary N) is 1. The van der Waals surface area contributed by atoms with Gasteiger partial charge in [0.05, 0.1) is 16.7 Å². The fraction of sp³-hybridized carbons (Fsp3) is 0.125. The van der Waals surface area contributed by atoms with Crippen molar-refractivity contribution in [3.63, 3.8) is 0 Å². The van der Waals surface area contributed by atoms with Crippen LogP contribution < -0.4 is 14.8 Å². The van der Waals surface area contributed by atoms with Gasteiger partial charge in [-0.1, -0.05) is 11.6 Å². The topological polar surface area (TPSA) is 117 Å². The van der Waals surface area contributed by atoms with Gasteiger partial charge in [-0.3, -0.25) is 14.9 Å². The van der Waals surface area contributed by atoms with Crippen molar-refractivity contribution in [2.24, 2.45) is 0 Å². The summed E-state index contributed by atoms with van der Waals surface area (Å²) in [4.78, 5) is 34.3. The number of nitro benzene ring substituents is 1. The zero-order valence-corrected chi connectivity index (χ0v) is 14.1. The van der Waals surface area contributed by atoms with Crippen molar-refractivity contribution in [3.05, 3.63) is 56.8 Å². The number of esters is 1. The van der Waals surface area contributed by atoms with E-state index in [1.807, 2.05) is 0 Å². The number of carbonyl (C=O) groups is 2. The minimum Gasteiger partial charge on any atom is -0.454 e. The first-order valence-corrected chi connectivity index (χ1v) is 7.73. The van der Waals surface area contributed by atoms with Gasteiger partial charge in [0, 0.05) is 11.1 Å². The minimum atomic E-state index is -1.12. The molecule has 0 bridgehead atoms. The summed E-state index contributed by atoms with van der Waals surface area (Å²) >= 11 is 5.71. The van der Waals surface area contributed by atoms with Gasteiger partial charge in [0.2, 0.25) is 6.79 Å². The summed E-state index contributed by atoms with van der Waals surface area (Å²) in [6.07, 6.45) is 0. The van der Waals surface area contributed by atoms with Gasteiger partial charge in [0.25, 0.3) is 11.6 Å².